The highest BCUT2D eigenvalue weighted by Gasteiger charge is 2.31. The Labute approximate surface area is 137 Å². The summed E-state index contributed by atoms with van der Waals surface area (Å²) in [5, 5.41) is 3.62. The van der Waals surface area contributed by atoms with Gasteiger partial charge in [0, 0.05) is 31.2 Å². The van der Waals surface area contributed by atoms with E-state index in [0.717, 1.165) is 34.3 Å². The smallest absolute Gasteiger partial charge is 0.148 e. The Hall–Kier alpha value is -1.88. The molecule has 0 unspecified atom stereocenters. The van der Waals surface area contributed by atoms with Crippen LogP contribution in [0.2, 0.25) is 0 Å². The van der Waals surface area contributed by atoms with Gasteiger partial charge in [0.1, 0.15) is 11.6 Å². The predicted octanol–water partition coefficient (Wildman–Crippen LogP) is 2.99. The lowest BCUT2D eigenvalue weighted by Crippen LogP contribution is -2.40. The second-order valence-corrected chi connectivity index (χ2v) is 6.70. The molecule has 4 rings (SSSR count). The Kier molecular flexibility index (Phi) is 3.81. The summed E-state index contributed by atoms with van der Waals surface area (Å²) in [7, 11) is 1.67. The number of nitrogens with one attached hydrogen (secondary N) is 1. The molecular formula is C18H24N4O. The van der Waals surface area contributed by atoms with Crippen LogP contribution < -0.4 is 10.1 Å². The maximum absolute atomic E-state index is 5.26. The van der Waals surface area contributed by atoms with E-state index < -0.39 is 0 Å². The number of rotatable bonds is 4. The van der Waals surface area contributed by atoms with Crippen molar-refractivity contribution in [2.45, 2.75) is 44.7 Å². The van der Waals surface area contributed by atoms with Crippen molar-refractivity contribution in [1.29, 1.82) is 0 Å². The monoisotopic (exact) mass is 312 g/mol. The standard InChI is InChI=1S/C18H24N4O/c1-12-18(20-13-7-9-22(10-8-13)14-3-4-14)21-16-6-5-15(23-2)11-17(16)19-12/h5-6,11,13-14H,3-4,7-10H2,1-2H3,(H,20,21). The highest BCUT2D eigenvalue weighted by Crippen LogP contribution is 2.30. The third-order valence-electron chi connectivity index (χ3n) is 4.98. The summed E-state index contributed by atoms with van der Waals surface area (Å²) in [6.45, 7) is 4.44. The molecule has 2 fully saturated rings. The minimum Gasteiger partial charge on any atom is -0.497 e. The van der Waals surface area contributed by atoms with Gasteiger partial charge in [-0.2, -0.15) is 0 Å². The normalized spacial score (nSPS) is 19.9. The molecule has 1 aliphatic carbocycles. The van der Waals surface area contributed by atoms with Crippen LogP contribution in [0.4, 0.5) is 5.82 Å². The third-order valence-corrected chi connectivity index (χ3v) is 4.98. The molecule has 122 valence electrons. The zero-order valence-corrected chi connectivity index (χ0v) is 13.9. The lowest BCUT2D eigenvalue weighted by molar-refractivity contribution is 0.210. The first kappa shape index (κ1) is 14.7. The van der Waals surface area contributed by atoms with E-state index in [0.29, 0.717) is 6.04 Å². The second kappa shape index (κ2) is 5.96. The maximum atomic E-state index is 5.26. The molecule has 0 atom stereocenters. The van der Waals surface area contributed by atoms with E-state index >= 15 is 0 Å². The molecule has 0 spiro atoms. The molecule has 1 aliphatic heterocycles. The molecule has 1 aromatic heterocycles. The maximum Gasteiger partial charge on any atom is 0.148 e. The minimum atomic E-state index is 0.508. The number of aromatic nitrogens is 2. The molecular weight excluding hydrogens is 288 g/mol. The van der Waals surface area contributed by atoms with E-state index in [1.807, 2.05) is 25.1 Å². The van der Waals surface area contributed by atoms with E-state index in [9.17, 15) is 0 Å². The molecule has 2 aromatic rings. The lowest BCUT2D eigenvalue weighted by atomic mass is 10.0. The number of ether oxygens (including phenoxy) is 1. The number of benzene rings is 1. The van der Waals surface area contributed by atoms with Crippen molar-refractivity contribution in [2.24, 2.45) is 0 Å². The van der Waals surface area contributed by atoms with E-state index in [1.165, 1.54) is 38.8 Å². The van der Waals surface area contributed by atoms with Crippen LogP contribution in [0, 0.1) is 6.92 Å². The first-order valence-electron chi connectivity index (χ1n) is 8.56. The van der Waals surface area contributed by atoms with Gasteiger partial charge in [-0.3, -0.25) is 0 Å². The van der Waals surface area contributed by atoms with Gasteiger partial charge in [0.2, 0.25) is 0 Å². The van der Waals surface area contributed by atoms with Crippen LogP contribution >= 0.6 is 0 Å². The van der Waals surface area contributed by atoms with Gasteiger partial charge in [-0.25, -0.2) is 9.97 Å². The molecule has 0 bridgehead atoms. The van der Waals surface area contributed by atoms with E-state index in [4.69, 9.17) is 9.72 Å². The fraction of sp³-hybridized carbons (Fsp3) is 0.556. The molecule has 1 saturated heterocycles. The Morgan fingerprint density at radius 3 is 2.57 bits per heavy atom. The average Bonchev–Trinajstić information content (AvgIpc) is 3.41. The van der Waals surface area contributed by atoms with Crippen LogP contribution in [-0.4, -0.2) is 47.2 Å². The molecule has 23 heavy (non-hydrogen) atoms. The number of fused-ring (bicyclic) bond motifs is 1. The van der Waals surface area contributed by atoms with Crippen molar-refractivity contribution in [3.8, 4) is 5.75 Å². The first-order chi connectivity index (χ1) is 11.2. The topological polar surface area (TPSA) is 50.3 Å². The summed E-state index contributed by atoms with van der Waals surface area (Å²) in [6, 6.07) is 7.24. The molecule has 1 saturated carbocycles. The number of anilines is 1. The zero-order valence-electron chi connectivity index (χ0n) is 13.9. The van der Waals surface area contributed by atoms with Gasteiger partial charge < -0.3 is 15.0 Å². The van der Waals surface area contributed by atoms with Crippen LogP contribution in [0.3, 0.4) is 0 Å². The summed E-state index contributed by atoms with van der Waals surface area (Å²) in [6.07, 6.45) is 5.18. The van der Waals surface area contributed by atoms with Gasteiger partial charge >= 0.3 is 0 Å². The summed E-state index contributed by atoms with van der Waals surface area (Å²) >= 11 is 0. The fourth-order valence-electron chi connectivity index (χ4n) is 3.43. The number of likely N-dealkylation sites (tertiary alicyclic amines) is 1. The average molecular weight is 312 g/mol. The number of hydrogen-bond donors (Lipinski definition) is 1. The van der Waals surface area contributed by atoms with Gasteiger partial charge in [0.15, 0.2) is 0 Å². The summed E-state index contributed by atoms with van der Waals surface area (Å²) in [5.74, 6) is 1.74. The highest BCUT2D eigenvalue weighted by molar-refractivity contribution is 5.78. The molecule has 0 radical (unpaired) electrons. The predicted molar refractivity (Wildman–Crippen MR) is 92.1 cm³/mol. The fourth-order valence-corrected chi connectivity index (χ4v) is 3.43. The Morgan fingerprint density at radius 2 is 1.87 bits per heavy atom. The Bertz CT molecular complexity index is 705. The third kappa shape index (κ3) is 3.11. The van der Waals surface area contributed by atoms with E-state index in [1.54, 1.807) is 7.11 Å². The first-order valence-corrected chi connectivity index (χ1v) is 8.56. The van der Waals surface area contributed by atoms with E-state index in [2.05, 4.69) is 15.2 Å². The van der Waals surface area contributed by atoms with Gasteiger partial charge in [-0.05, 0) is 44.7 Å². The number of hydrogen-bond acceptors (Lipinski definition) is 5. The zero-order chi connectivity index (χ0) is 15.8. The Balaban J connectivity index is 1.49. The lowest BCUT2D eigenvalue weighted by Gasteiger charge is -2.32. The summed E-state index contributed by atoms with van der Waals surface area (Å²) < 4.78 is 5.26. The number of aryl methyl sites for hydroxylation is 1. The van der Waals surface area contributed by atoms with Gasteiger partial charge in [-0.15, -0.1) is 0 Å². The van der Waals surface area contributed by atoms with Crippen molar-refractivity contribution >= 4 is 16.9 Å². The largest absolute Gasteiger partial charge is 0.497 e. The molecule has 0 amide bonds. The SMILES string of the molecule is COc1ccc2nc(NC3CCN(C4CC4)CC3)c(C)nc2c1. The summed E-state index contributed by atoms with van der Waals surface area (Å²) in [5.41, 5.74) is 2.75. The van der Waals surface area contributed by atoms with Crippen LogP contribution in [-0.2, 0) is 0 Å². The van der Waals surface area contributed by atoms with Gasteiger partial charge in [0.05, 0.1) is 23.8 Å². The van der Waals surface area contributed by atoms with Crippen LogP contribution in [0.5, 0.6) is 5.75 Å². The second-order valence-electron chi connectivity index (χ2n) is 6.70. The van der Waals surface area contributed by atoms with Crippen molar-refractivity contribution in [3.05, 3.63) is 23.9 Å². The van der Waals surface area contributed by atoms with Crippen molar-refractivity contribution in [1.82, 2.24) is 14.9 Å². The van der Waals surface area contributed by atoms with Gasteiger partial charge in [0.25, 0.3) is 0 Å². The molecule has 1 aromatic carbocycles. The van der Waals surface area contributed by atoms with E-state index in [-0.39, 0.29) is 0 Å². The van der Waals surface area contributed by atoms with Crippen molar-refractivity contribution < 1.29 is 4.74 Å². The molecule has 5 heteroatoms. The molecule has 2 aliphatic rings. The van der Waals surface area contributed by atoms with Gasteiger partial charge in [-0.1, -0.05) is 0 Å². The molecule has 2 heterocycles. The Morgan fingerprint density at radius 1 is 1.09 bits per heavy atom. The quantitative estimate of drug-likeness (QED) is 0.940. The molecule has 1 N–H and O–H groups in total. The highest BCUT2D eigenvalue weighted by atomic mass is 16.5. The van der Waals surface area contributed by atoms with Crippen molar-refractivity contribution in [2.75, 3.05) is 25.5 Å². The number of methoxy groups -OCH3 is 1. The van der Waals surface area contributed by atoms with Crippen LogP contribution in [0.25, 0.3) is 11.0 Å². The van der Waals surface area contributed by atoms with Crippen LogP contribution in [0.15, 0.2) is 18.2 Å². The van der Waals surface area contributed by atoms with Crippen molar-refractivity contribution in [3.63, 3.8) is 0 Å². The molecule has 5 nitrogen and oxygen atoms in total. The summed E-state index contributed by atoms with van der Waals surface area (Å²) in [4.78, 5) is 12.1. The number of piperidine rings is 1. The minimum absolute atomic E-state index is 0.508. The van der Waals surface area contributed by atoms with Crippen LogP contribution in [0.1, 0.15) is 31.4 Å². The number of nitrogens with zero attached hydrogens (tertiary/aromatic N) is 3.